The summed E-state index contributed by atoms with van der Waals surface area (Å²) in [5, 5.41) is 9.00. The van der Waals surface area contributed by atoms with Crippen LogP contribution >= 0.6 is 0 Å². The largest absolute Gasteiger partial charge is 0.481 e. The third-order valence-corrected chi connectivity index (χ3v) is 2.62. The number of carbonyl (C=O) groups is 1. The Morgan fingerprint density at radius 3 is 2.26 bits per heavy atom. The third kappa shape index (κ3) is 2.88. The van der Waals surface area contributed by atoms with Gasteiger partial charge in [-0.05, 0) is 26.0 Å². The Balaban J connectivity index is 2.60. The summed E-state index contributed by atoms with van der Waals surface area (Å²) in [5.74, 6) is -1.21. The van der Waals surface area contributed by atoms with E-state index in [1.165, 1.54) is 7.11 Å². The van der Waals surface area contributed by atoms with Crippen LogP contribution in [-0.4, -0.2) is 28.2 Å². The van der Waals surface area contributed by atoms with E-state index in [1.54, 1.807) is 6.07 Å². The quantitative estimate of drug-likeness (QED) is 0.915. The molecule has 0 saturated heterocycles. The number of benzene rings is 1. The van der Waals surface area contributed by atoms with Crippen LogP contribution in [0.15, 0.2) is 24.3 Å². The topological polar surface area (TPSA) is 72.3 Å². The minimum Gasteiger partial charge on any atom is -0.481 e. The van der Waals surface area contributed by atoms with Crippen LogP contribution in [0, 0.1) is 13.8 Å². The summed E-state index contributed by atoms with van der Waals surface area (Å²) in [5.41, 5.74) is 3.56. The SMILES string of the molecule is COc1cc(-c2cc(C)cc(C)c2)nc(C(=O)O)n1. The molecule has 0 saturated carbocycles. The lowest BCUT2D eigenvalue weighted by Gasteiger charge is -2.07. The average molecular weight is 258 g/mol. The van der Waals surface area contributed by atoms with Crippen molar-refractivity contribution in [1.29, 1.82) is 0 Å². The number of methoxy groups -OCH3 is 1. The summed E-state index contributed by atoms with van der Waals surface area (Å²) in [7, 11) is 1.44. The standard InChI is InChI=1S/C14H14N2O3/c1-8-4-9(2)6-10(5-8)11-7-12(19-3)16-13(15-11)14(17)18/h4-7H,1-3H3,(H,17,18). The molecule has 0 spiro atoms. The van der Waals surface area contributed by atoms with Gasteiger partial charge in [0, 0.05) is 11.6 Å². The van der Waals surface area contributed by atoms with Gasteiger partial charge in [-0.3, -0.25) is 0 Å². The molecule has 0 atom stereocenters. The highest BCUT2D eigenvalue weighted by Crippen LogP contribution is 2.23. The molecule has 2 aromatic rings. The van der Waals surface area contributed by atoms with Crippen molar-refractivity contribution in [2.24, 2.45) is 0 Å². The number of nitrogens with zero attached hydrogens (tertiary/aromatic N) is 2. The number of hydrogen-bond donors (Lipinski definition) is 1. The second kappa shape index (κ2) is 5.06. The van der Waals surface area contributed by atoms with Crippen molar-refractivity contribution in [2.75, 3.05) is 7.11 Å². The van der Waals surface area contributed by atoms with Crippen LogP contribution < -0.4 is 4.74 Å². The number of hydrogen-bond acceptors (Lipinski definition) is 4. The summed E-state index contributed by atoms with van der Waals surface area (Å²) in [6, 6.07) is 7.56. The maximum atomic E-state index is 11.0. The fourth-order valence-electron chi connectivity index (χ4n) is 1.90. The van der Waals surface area contributed by atoms with Crippen LogP contribution in [0.25, 0.3) is 11.3 Å². The number of carboxylic acid groups (broad SMARTS) is 1. The molecule has 5 heteroatoms. The Labute approximate surface area is 110 Å². The summed E-state index contributed by atoms with van der Waals surface area (Å²) in [4.78, 5) is 18.8. The molecule has 0 fully saturated rings. The number of carboxylic acids is 1. The minimum atomic E-state index is -1.18. The van der Waals surface area contributed by atoms with Crippen molar-refractivity contribution in [3.63, 3.8) is 0 Å². The van der Waals surface area contributed by atoms with Crippen LogP contribution in [-0.2, 0) is 0 Å². The van der Waals surface area contributed by atoms with Gasteiger partial charge in [-0.25, -0.2) is 9.78 Å². The number of aryl methyl sites for hydroxylation is 2. The van der Waals surface area contributed by atoms with Gasteiger partial charge >= 0.3 is 5.97 Å². The van der Waals surface area contributed by atoms with Crippen molar-refractivity contribution >= 4 is 5.97 Å². The molecule has 0 aliphatic heterocycles. The molecule has 2 rings (SSSR count). The highest BCUT2D eigenvalue weighted by molar-refractivity contribution is 5.84. The van der Waals surface area contributed by atoms with Crippen molar-refractivity contribution in [3.8, 4) is 17.1 Å². The zero-order chi connectivity index (χ0) is 14.0. The Bertz CT molecular complexity index is 618. The first-order chi connectivity index (χ1) is 8.99. The Hall–Kier alpha value is -2.43. The van der Waals surface area contributed by atoms with Gasteiger partial charge in [0.1, 0.15) is 0 Å². The highest BCUT2D eigenvalue weighted by Gasteiger charge is 2.12. The van der Waals surface area contributed by atoms with Gasteiger partial charge in [0.05, 0.1) is 12.8 Å². The molecule has 0 unspecified atom stereocenters. The Kier molecular flexibility index (Phi) is 3.46. The van der Waals surface area contributed by atoms with Gasteiger partial charge in [-0.15, -0.1) is 0 Å². The van der Waals surface area contributed by atoms with Crippen molar-refractivity contribution in [2.45, 2.75) is 13.8 Å². The maximum Gasteiger partial charge on any atom is 0.374 e. The second-order valence-electron chi connectivity index (χ2n) is 4.30. The van der Waals surface area contributed by atoms with Gasteiger partial charge in [0.15, 0.2) is 0 Å². The van der Waals surface area contributed by atoms with E-state index < -0.39 is 5.97 Å². The predicted octanol–water partition coefficient (Wildman–Crippen LogP) is 2.47. The van der Waals surface area contributed by atoms with E-state index in [0.717, 1.165) is 16.7 Å². The van der Waals surface area contributed by atoms with Crippen molar-refractivity contribution in [1.82, 2.24) is 9.97 Å². The summed E-state index contributed by atoms with van der Waals surface area (Å²) in [6.45, 7) is 3.96. The smallest absolute Gasteiger partial charge is 0.374 e. The molecular formula is C14H14N2O3. The summed E-state index contributed by atoms with van der Waals surface area (Å²) in [6.07, 6.45) is 0. The van der Waals surface area contributed by atoms with Crippen molar-refractivity contribution < 1.29 is 14.6 Å². The predicted molar refractivity (Wildman–Crippen MR) is 70.5 cm³/mol. The maximum absolute atomic E-state index is 11.0. The molecule has 98 valence electrons. The number of rotatable bonds is 3. The van der Waals surface area contributed by atoms with Gasteiger partial charge < -0.3 is 9.84 Å². The van der Waals surface area contributed by atoms with E-state index in [2.05, 4.69) is 9.97 Å². The Morgan fingerprint density at radius 1 is 1.11 bits per heavy atom. The second-order valence-corrected chi connectivity index (χ2v) is 4.30. The molecule has 0 aliphatic rings. The van der Waals surface area contributed by atoms with E-state index in [1.807, 2.05) is 32.0 Å². The van der Waals surface area contributed by atoms with E-state index in [4.69, 9.17) is 9.84 Å². The van der Waals surface area contributed by atoms with Crippen LogP contribution in [0.5, 0.6) is 5.88 Å². The number of aromatic carboxylic acids is 1. The lowest BCUT2D eigenvalue weighted by atomic mass is 10.0. The van der Waals surface area contributed by atoms with E-state index in [0.29, 0.717) is 5.69 Å². The molecule has 1 heterocycles. The molecular weight excluding hydrogens is 244 g/mol. The fourth-order valence-corrected chi connectivity index (χ4v) is 1.90. The molecule has 19 heavy (non-hydrogen) atoms. The first-order valence-electron chi connectivity index (χ1n) is 5.74. The fraction of sp³-hybridized carbons (Fsp3) is 0.214. The van der Waals surface area contributed by atoms with Crippen molar-refractivity contribution in [3.05, 3.63) is 41.2 Å². The minimum absolute atomic E-state index is 0.238. The van der Waals surface area contributed by atoms with Gasteiger partial charge in [-0.2, -0.15) is 4.98 Å². The lowest BCUT2D eigenvalue weighted by molar-refractivity contribution is 0.0682. The molecule has 5 nitrogen and oxygen atoms in total. The third-order valence-electron chi connectivity index (χ3n) is 2.62. The molecule has 0 aliphatic carbocycles. The van der Waals surface area contributed by atoms with Gasteiger partial charge in [0.2, 0.25) is 11.7 Å². The molecule has 0 bridgehead atoms. The van der Waals surface area contributed by atoms with Crippen LogP contribution in [0.4, 0.5) is 0 Å². The van der Waals surface area contributed by atoms with Crippen LogP contribution in [0.2, 0.25) is 0 Å². The lowest BCUT2D eigenvalue weighted by Crippen LogP contribution is -2.06. The van der Waals surface area contributed by atoms with E-state index >= 15 is 0 Å². The first-order valence-corrected chi connectivity index (χ1v) is 5.74. The molecule has 0 amide bonds. The monoisotopic (exact) mass is 258 g/mol. The number of aromatic nitrogens is 2. The van der Waals surface area contributed by atoms with Crippen LogP contribution in [0.1, 0.15) is 21.7 Å². The molecule has 1 aromatic carbocycles. The summed E-state index contributed by atoms with van der Waals surface area (Å²) >= 11 is 0. The van der Waals surface area contributed by atoms with E-state index in [9.17, 15) is 4.79 Å². The highest BCUT2D eigenvalue weighted by atomic mass is 16.5. The normalized spacial score (nSPS) is 10.3. The van der Waals surface area contributed by atoms with Gasteiger partial charge in [0.25, 0.3) is 0 Å². The van der Waals surface area contributed by atoms with Gasteiger partial charge in [-0.1, -0.05) is 17.2 Å². The van der Waals surface area contributed by atoms with Crippen LogP contribution in [0.3, 0.4) is 0 Å². The zero-order valence-corrected chi connectivity index (χ0v) is 11.0. The zero-order valence-electron chi connectivity index (χ0n) is 11.0. The first kappa shape index (κ1) is 13.0. The number of ether oxygens (including phenoxy) is 1. The summed E-state index contributed by atoms with van der Waals surface area (Å²) < 4.78 is 5.01. The Morgan fingerprint density at radius 2 is 1.74 bits per heavy atom. The molecule has 1 aromatic heterocycles. The molecule has 0 radical (unpaired) electrons. The molecule has 1 N–H and O–H groups in total. The van der Waals surface area contributed by atoms with E-state index in [-0.39, 0.29) is 11.7 Å². The average Bonchev–Trinajstić information content (AvgIpc) is 2.37.